The Bertz CT molecular complexity index is 903. The molecule has 0 bridgehead atoms. The number of nitrogens with zero attached hydrogens (tertiary/aromatic N) is 2. The Kier molecular flexibility index (Phi) is 7.22. The molecule has 30 heavy (non-hydrogen) atoms. The van der Waals surface area contributed by atoms with Crippen LogP contribution in [0.25, 0.3) is 0 Å². The van der Waals surface area contributed by atoms with Crippen molar-refractivity contribution in [2.75, 3.05) is 37.7 Å². The maximum atomic E-state index is 12.4. The number of piperazine rings is 1. The lowest BCUT2D eigenvalue weighted by molar-refractivity contribution is -0.152. The van der Waals surface area contributed by atoms with Crippen molar-refractivity contribution in [1.82, 2.24) is 4.90 Å². The van der Waals surface area contributed by atoms with Gasteiger partial charge in [-0.05, 0) is 31.0 Å². The second kappa shape index (κ2) is 10.1. The first kappa shape index (κ1) is 21.6. The third-order valence-electron chi connectivity index (χ3n) is 5.56. The molecule has 2 aromatic carbocycles. The Labute approximate surface area is 177 Å². The molecule has 3 rings (SSSR count). The molecule has 0 aromatic heterocycles. The van der Waals surface area contributed by atoms with E-state index in [0.717, 1.165) is 13.1 Å². The topological polar surface area (TPSA) is 66.9 Å². The van der Waals surface area contributed by atoms with Gasteiger partial charge in [0, 0.05) is 43.9 Å². The number of ketones is 1. The van der Waals surface area contributed by atoms with Crippen LogP contribution in [0.2, 0.25) is 0 Å². The summed E-state index contributed by atoms with van der Waals surface area (Å²) in [6.07, 6.45) is 0.0486. The molecule has 0 atom stereocenters. The molecular weight excluding hydrogens is 380 g/mol. The minimum Gasteiger partial charge on any atom is -0.456 e. The predicted octanol–water partition coefficient (Wildman–Crippen LogP) is 3.16. The van der Waals surface area contributed by atoms with Crippen LogP contribution in [0.5, 0.6) is 0 Å². The van der Waals surface area contributed by atoms with Crippen LogP contribution in [-0.2, 0) is 14.3 Å². The number of esters is 1. The van der Waals surface area contributed by atoms with Crippen LogP contribution in [0.4, 0.5) is 5.69 Å². The lowest BCUT2D eigenvalue weighted by Gasteiger charge is -2.37. The van der Waals surface area contributed by atoms with E-state index >= 15 is 0 Å². The van der Waals surface area contributed by atoms with E-state index in [1.807, 2.05) is 6.07 Å². The standard InChI is InChI=1S/C24H28N2O4/c1-18-7-6-10-21(19(18)2)25-13-15-26(16-14-25)23(28)17-30-24(29)12-11-22(27)20-8-4-3-5-9-20/h3-10H,11-17H2,1-2H3. The van der Waals surface area contributed by atoms with Gasteiger partial charge in [0.2, 0.25) is 0 Å². The van der Waals surface area contributed by atoms with Crippen molar-refractivity contribution < 1.29 is 19.1 Å². The molecule has 2 aromatic rings. The summed E-state index contributed by atoms with van der Waals surface area (Å²) in [6.45, 7) is 6.62. The molecule has 1 fully saturated rings. The molecule has 6 heteroatoms. The van der Waals surface area contributed by atoms with Crippen molar-refractivity contribution >= 4 is 23.3 Å². The monoisotopic (exact) mass is 408 g/mol. The van der Waals surface area contributed by atoms with E-state index in [9.17, 15) is 14.4 Å². The van der Waals surface area contributed by atoms with Crippen molar-refractivity contribution in [3.05, 3.63) is 65.2 Å². The molecule has 1 saturated heterocycles. The van der Waals surface area contributed by atoms with Gasteiger partial charge in [-0.1, -0.05) is 42.5 Å². The zero-order valence-electron chi connectivity index (χ0n) is 17.6. The third-order valence-corrected chi connectivity index (χ3v) is 5.56. The number of aryl methyl sites for hydroxylation is 1. The molecule has 1 aliphatic heterocycles. The van der Waals surface area contributed by atoms with Crippen molar-refractivity contribution in [3.63, 3.8) is 0 Å². The van der Waals surface area contributed by atoms with Crippen LogP contribution in [0.15, 0.2) is 48.5 Å². The average molecular weight is 408 g/mol. The number of ether oxygens (including phenoxy) is 1. The number of Topliss-reactive ketones (excluding diaryl/α,β-unsaturated/α-hetero) is 1. The molecule has 0 N–H and O–H groups in total. The third kappa shape index (κ3) is 5.47. The Morgan fingerprint density at radius 1 is 0.867 bits per heavy atom. The zero-order valence-corrected chi connectivity index (χ0v) is 17.6. The van der Waals surface area contributed by atoms with Gasteiger partial charge in [-0.3, -0.25) is 14.4 Å². The van der Waals surface area contributed by atoms with Crippen LogP contribution in [0.3, 0.4) is 0 Å². The Balaban J connectivity index is 1.40. The van der Waals surface area contributed by atoms with Gasteiger partial charge in [0.1, 0.15) is 0 Å². The highest BCUT2D eigenvalue weighted by molar-refractivity contribution is 5.97. The van der Waals surface area contributed by atoms with E-state index in [1.54, 1.807) is 29.2 Å². The van der Waals surface area contributed by atoms with E-state index in [-0.39, 0.29) is 31.1 Å². The molecule has 1 aliphatic rings. The SMILES string of the molecule is Cc1cccc(N2CCN(C(=O)COC(=O)CCC(=O)c3ccccc3)CC2)c1C. The molecule has 1 amide bonds. The van der Waals surface area contributed by atoms with Crippen LogP contribution in [0, 0.1) is 13.8 Å². The first-order chi connectivity index (χ1) is 14.5. The van der Waals surface area contributed by atoms with Crippen LogP contribution in [-0.4, -0.2) is 55.3 Å². The Morgan fingerprint density at radius 2 is 1.57 bits per heavy atom. The summed E-state index contributed by atoms with van der Waals surface area (Å²) in [5.41, 5.74) is 4.29. The number of benzene rings is 2. The summed E-state index contributed by atoms with van der Waals surface area (Å²) in [5.74, 6) is -0.832. The second-order valence-corrected chi connectivity index (χ2v) is 7.54. The summed E-state index contributed by atoms with van der Waals surface area (Å²) in [6, 6.07) is 15.1. The molecule has 0 aliphatic carbocycles. The smallest absolute Gasteiger partial charge is 0.306 e. The number of amides is 1. The van der Waals surface area contributed by atoms with Crippen molar-refractivity contribution in [2.45, 2.75) is 26.7 Å². The second-order valence-electron chi connectivity index (χ2n) is 7.54. The number of carbonyl (C=O) groups excluding carboxylic acids is 3. The number of carbonyl (C=O) groups is 3. The molecule has 0 radical (unpaired) electrons. The maximum Gasteiger partial charge on any atom is 0.306 e. The summed E-state index contributed by atoms with van der Waals surface area (Å²) >= 11 is 0. The van der Waals surface area contributed by atoms with Crippen molar-refractivity contribution in [2.24, 2.45) is 0 Å². The first-order valence-electron chi connectivity index (χ1n) is 10.3. The fraction of sp³-hybridized carbons (Fsp3) is 0.375. The Hall–Kier alpha value is -3.15. The highest BCUT2D eigenvalue weighted by atomic mass is 16.5. The number of anilines is 1. The highest BCUT2D eigenvalue weighted by Crippen LogP contribution is 2.23. The molecule has 0 unspecified atom stereocenters. The fourth-order valence-corrected chi connectivity index (χ4v) is 3.56. The van der Waals surface area contributed by atoms with E-state index in [1.165, 1.54) is 16.8 Å². The summed E-state index contributed by atoms with van der Waals surface area (Å²) in [5, 5.41) is 0. The van der Waals surface area contributed by atoms with E-state index < -0.39 is 5.97 Å². The quantitative estimate of drug-likeness (QED) is 0.520. The van der Waals surface area contributed by atoms with Crippen molar-refractivity contribution in [3.8, 4) is 0 Å². The molecule has 158 valence electrons. The zero-order chi connectivity index (χ0) is 21.5. The molecule has 0 saturated carbocycles. The predicted molar refractivity (Wildman–Crippen MR) is 116 cm³/mol. The molecular formula is C24H28N2O4. The van der Waals surface area contributed by atoms with Gasteiger partial charge in [0.25, 0.3) is 5.91 Å². The average Bonchev–Trinajstić information content (AvgIpc) is 2.78. The van der Waals surface area contributed by atoms with Crippen molar-refractivity contribution in [1.29, 1.82) is 0 Å². The van der Waals surface area contributed by atoms with Gasteiger partial charge in [0.15, 0.2) is 12.4 Å². The van der Waals surface area contributed by atoms with E-state index in [2.05, 4.69) is 36.9 Å². The molecule has 1 heterocycles. The highest BCUT2D eigenvalue weighted by Gasteiger charge is 2.23. The first-order valence-corrected chi connectivity index (χ1v) is 10.3. The van der Waals surface area contributed by atoms with Gasteiger partial charge in [-0.2, -0.15) is 0 Å². The lowest BCUT2D eigenvalue weighted by Crippen LogP contribution is -2.50. The number of hydrogen-bond donors (Lipinski definition) is 0. The summed E-state index contributed by atoms with van der Waals surface area (Å²) in [7, 11) is 0. The molecule has 0 spiro atoms. The van der Waals surface area contributed by atoms with Gasteiger partial charge < -0.3 is 14.5 Å². The van der Waals surface area contributed by atoms with Crippen LogP contribution >= 0.6 is 0 Å². The minimum absolute atomic E-state index is 0.0264. The minimum atomic E-state index is -0.526. The number of hydrogen-bond acceptors (Lipinski definition) is 5. The summed E-state index contributed by atoms with van der Waals surface area (Å²) < 4.78 is 5.09. The maximum absolute atomic E-state index is 12.4. The van der Waals surface area contributed by atoms with Gasteiger partial charge in [0.05, 0.1) is 6.42 Å². The fourth-order valence-electron chi connectivity index (χ4n) is 3.56. The van der Waals surface area contributed by atoms with Crippen LogP contribution < -0.4 is 4.90 Å². The largest absolute Gasteiger partial charge is 0.456 e. The lowest BCUT2D eigenvalue weighted by atomic mass is 10.1. The molecule has 6 nitrogen and oxygen atoms in total. The normalized spacial score (nSPS) is 13.8. The van der Waals surface area contributed by atoms with Gasteiger partial charge in [-0.25, -0.2) is 0 Å². The van der Waals surface area contributed by atoms with E-state index in [4.69, 9.17) is 4.74 Å². The van der Waals surface area contributed by atoms with Gasteiger partial charge in [-0.15, -0.1) is 0 Å². The van der Waals surface area contributed by atoms with Crippen LogP contribution in [0.1, 0.15) is 34.3 Å². The summed E-state index contributed by atoms with van der Waals surface area (Å²) in [4.78, 5) is 40.4. The number of rotatable bonds is 7. The Morgan fingerprint density at radius 3 is 2.27 bits per heavy atom. The van der Waals surface area contributed by atoms with E-state index in [0.29, 0.717) is 18.7 Å². The van der Waals surface area contributed by atoms with Gasteiger partial charge >= 0.3 is 5.97 Å².